The zero-order valence-electron chi connectivity index (χ0n) is 10.4. The van der Waals surface area contributed by atoms with Crippen LogP contribution in [0.1, 0.15) is 10.4 Å². The van der Waals surface area contributed by atoms with Gasteiger partial charge in [-0.05, 0) is 30.3 Å². The lowest BCUT2D eigenvalue weighted by molar-refractivity contribution is 0.102. The number of fused-ring (bicyclic) bond motifs is 1. The van der Waals surface area contributed by atoms with Crippen molar-refractivity contribution in [1.29, 1.82) is 0 Å². The van der Waals surface area contributed by atoms with Crippen LogP contribution in [-0.2, 0) is 0 Å². The molecule has 1 amide bonds. The van der Waals surface area contributed by atoms with Crippen LogP contribution in [-0.4, -0.2) is 10.9 Å². The van der Waals surface area contributed by atoms with E-state index in [-0.39, 0.29) is 16.4 Å². The molecular weight excluding hydrogens is 334 g/mol. The summed E-state index contributed by atoms with van der Waals surface area (Å²) in [7, 11) is 0. The molecule has 0 unspecified atom stereocenters. The molecular formula is C14H7Cl2FN2OS. The van der Waals surface area contributed by atoms with E-state index >= 15 is 0 Å². The molecule has 1 aromatic heterocycles. The standard InChI is InChI=1S/C14H7Cl2FN2OS/c15-9-3-1-2-8(12(9)16)13(20)19-14-18-10-5-4-7(17)6-11(10)21-14/h1-6H,(H,18,19,20). The van der Waals surface area contributed by atoms with E-state index in [1.165, 1.54) is 23.5 Å². The third kappa shape index (κ3) is 2.85. The van der Waals surface area contributed by atoms with Crippen LogP contribution in [0.5, 0.6) is 0 Å². The maximum Gasteiger partial charge on any atom is 0.259 e. The number of rotatable bonds is 2. The summed E-state index contributed by atoms with van der Waals surface area (Å²) in [6, 6.07) is 9.05. The Morgan fingerprint density at radius 3 is 2.86 bits per heavy atom. The first-order chi connectivity index (χ1) is 10.0. The molecule has 0 atom stereocenters. The minimum absolute atomic E-state index is 0.184. The zero-order valence-corrected chi connectivity index (χ0v) is 12.7. The van der Waals surface area contributed by atoms with Crippen molar-refractivity contribution in [3.05, 3.63) is 57.8 Å². The summed E-state index contributed by atoms with van der Waals surface area (Å²) in [5.41, 5.74) is 0.878. The monoisotopic (exact) mass is 340 g/mol. The number of anilines is 1. The van der Waals surface area contributed by atoms with Gasteiger partial charge < -0.3 is 0 Å². The number of hydrogen-bond donors (Lipinski definition) is 1. The molecule has 106 valence electrons. The molecule has 2 aromatic carbocycles. The maximum atomic E-state index is 13.1. The fourth-order valence-electron chi connectivity index (χ4n) is 1.80. The summed E-state index contributed by atoms with van der Waals surface area (Å²) in [5, 5.41) is 3.50. The molecule has 3 rings (SSSR count). The lowest BCUT2D eigenvalue weighted by Gasteiger charge is -2.04. The summed E-state index contributed by atoms with van der Waals surface area (Å²) in [6.07, 6.45) is 0. The number of hydrogen-bond acceptors (Lipinski definition) is 3. The number of amides is 1. The van der Waals surface area contributed by atoms with Crippen molar-refractivity contribution in [1.82, 2.24) is 4.98 Å². The molecule has 0 aliphatic carbocycles. The highest BCUT2D eigenvalue weighted by atomic mass is 35.5. The number of aromatic nitrogens is 1. The van der Waals surface area contributed by atoms with Gasteiger partial charge in [-0.15, -0.1) is 0 Å². The van der Waals surface area contributed by atoms with Gasteiger partial charge in [0.15, 0.2) is 5.13 Å². The Hall–Kier alpha value is -1.69. The van der Waals surface area contributed by atoms with Crippen LogP contribution in [0.2, 0.25) is 10.0 Å². The topological polar surface area (TPSA) is 42.0 Å². The number of carbonyl (C=O) groups excluding carboxylic acids is 1. The number of carbonyl (C=O) groups is 1. The molecule has 21 heavy (non-hydrogen) atoms. The highest BCUT2D eigenvalue weighted by molar-refractivity contribution is 7.22. The Balaban J connectivity index is 1.91. The maximum absolute atomic E-state index is 13.1. The van der Waals surface area contributed by atoms with Gasteiger partial charge in [-0.1, -0.05) is 40.6 Å². The summed E-state index contributed by atoms with van der Waals surface area (Å²) < 4.78 is 13.8. The van der Waals surface area contributed by atoms with Crippen LogP contribution >= 0.6 is 34.5 Å². The van der Waals surface area contributed by atoms with Crippen molar-refractivity contribution in [3.8, 4) is 0 Å². The third-order valence-corrected chi connectivity index (χ3v) is 4.52. The molecule has 0 aliphatic heterocycles. The molecule has 0 bridgehead atoms. The van der Waals surface area contributed by atoms with E-state index in [0.717, 1.165) is 0 Å². The van der Waals surface area contributed by atoms with Gasteiger partial charge in [0.2, 0.25) is 0 Å². The molecule has 0 radical (unpaired) electrons. The van der Waals surface area contributed by atoms with Crippen LogP contribution in [0, 0.1) is 5.82 Å². The molecule has 0 aliphatic rings. The van der Waals surface area contributed by atoms with Gasteiger partial charge in [0, 0.05) is 0 Å². The molecule has 1 N–H and O–H groups in total. The smallest absolute Gasteiger partial charge is 0.259 e. The van der Waals surface area contributed by atoms with Crippen molar-refractivity contribution in [2.45, 2.75) is 0 Å². The number of benzene rings is 2. The molecule has 1 heterocycles. The quantitative estimate of drug-likeness (QED) is 0.713. The van der Waals surface area contributed by atoms with E-state index in [4.69, 9.17) is 23.2 Å². The van der Waals surface area contributed by atoms with Crippen LogP contribution in [0.3, 0.4) is 0 Å². The van der Waals surface area contributed by atoms with E-state index in [9.17, 15) is 9.18 Å². The second-order valence-electron chi connectivity index (χ2n) is 4.19. The van der Waals surface area contributed by atoms with Crippen molar-refractivity contribution in [3.63, 3.8) is 0 Å². The van der Waals surface area contributed by atoms with Crippen LogP contribution in [0.25, 0.3) is 10.2 Å². The molecule has 3 aromatic rings. The summed E-state index contributed by atoms with van der Waals surface area (Å²) >= 11 is 13.1. The highest BCUT2D eigenvalue weighted by Crippen LogP contribution is 2.29. The van der Waals surface area contributed by atoms with E-state index in [0.29, 0.717) is 20.4 Å². The number of nitrogens with one attached hydrogen (secondary N) is 1. The lowest BCUT2D eigenvalue weighted by Crippen LogP contribution is -2.12. The Morgan fingerprint density at radius 1 is 1.24 bits per heavy atom. The van der Waals surface area contributed by atoms with Crippen LogP contribution in [0.4, 0.5) is 9.52 Å². The highest BCUT2D eigenvalue weighted by Gasteiger charge is 2.14. The number of nitrogens with zero attached hydrogens (tertiary/aromatic N) is 1. The molecule has 0 spiro atoms. The fraction of sp³-hybridized carbons (Fsp3) is 0. The van der Waals surface area contributed by atoms with Gasteiger partial charge in [-0.3, -0.25) is 10.1 Å². The van der Waals surface area contributed by atoms with Crippen molar-refractivity contribution in [2.75, 3.05) is 5.32 Å². The summed E-state index contributed by atoms with van der Waals surface area (Å²) in [6.45, 7) is 0. The third-order valence-electron chi connectivity index (χ3n) is 2.77. The van der Waals surface area contributed by atoms with E-state index in [2.05, 4.69) is 10.3 Å². The first-order valence-electron chi connectivity index (χ1n) is 5.86. The Kier molecular flexibility index (Phi) is 3.80. The van der Waals surface area contributed by atoms with Crippen LogP contribution in [0.15, 0.2) is 36.4 Å². The minimum Gasteiger partial charge on any atom is -0.298 e. The Morgan fingerprint density at radius 2 is 2.05 bits per heavy atom. The van der Waals surface area contributed by atoms with Gasteiger partial charge in [-0.25, -0.2) is 9.37 Å². The predicted octanol–water partition coefficient (Wildman–Crippen LogP) is 4.99. The van der Waals surface area contributed by atoms with Gasteiger partial charge in [0.1, 0.15) is 5.82 Å². The van der Waals surface area contributed by atoms with E-state index in [1.54, 1.807) is 24.3 Å². The molecule has 0 saturated carbocycles. The normalized spacial score (nSPS) is 10.8. The minimum atomic E-state index is -0.415. The van der Waals surface area contributed by atoms with E-state index < -0.39 is 5.91 Å². The fourth-order valence-corrected chi connectivity index (χ4v) is 3.07. The summed E-state index contributed by atoms with van der Waals surface area (Å²) in [5.74, 6) is -0.760. The zero-order chi connectivity index (χ0) is 15.0. The number of halogens is 3. The second kappa shape index (κ2) is 5.60. The molecule has 3 nitrogen and oxygen atoms in total. The average molecular weight is 341 g/mol. The van der Waals surface area contributed by atoms with Crippen molar-refractivity contribution >= 4 is 55.8 Å². The van der Waals surface area contributed by atoms with Gasteiger partial charge in [-0.2, -0.15) is 0 Å². The van der Waals surface area contributed by atoms with Crippen molar-refractivity contribution < 1.29 is 9.18 Å². The van der Waals surface area contributed by atoms with Gasteiger partial charge >= 0.3 is 0 Å². The largest absolute Gasteiger partial charge is 0.298 e. The molecule has 7 heteroatoms. The summed E-state index contributed by atoms with van der Waals surface area (Å²) in [4.78, 5) is 16.4. The van der Waals surface area contributed by atoms with Crippen molar-refractivity contribution in [2.24, 2.45) is 0 Å². The first kappa shape index (κ1) is 14.3. The second-order valence-corrected chi connectivity index (χ2v) is 6.00. The van der Waals surface area contributed by atoms with Gasteiger partial charge in [0.25, 0.3) is 5.91 Å². The average Bonchev–Trinajstić information content (AvgIpc) is 2.83. The molecule has 0 saturated heterocycles. The predicted molar refractivity (Wildman–Crippen MR) is 84.0 cm³/mol. The SMILES string of the molecule is O=C(Nc1nc2ccc(F)cc2s1)c1cccc(Cl)c1Cl. The Labute approximate surface area is 133 Å². The number of thiazole rings is 1. The van der Waals surface area contributed by atoms with Crippen LogP contribution < -0.4 is 5.32 Å². The Bertz CT molecular complexity index is 850. The lowest BCUT2D eigenvalue weighted by atomic mass is 10.2. The molecule has 0 fully saturated rings. The first-order valence-corrected chi connectivity index (χ1v) is 7.43. The van der Waals surface area contributed by atoms with Gasteiger partial charge in [0.05, 0.1) is 25.8 Å². The van der Waals surface area contributed by atoms with E-state index in [1.807, 2.05) is 0 Å².